The Morgan fingerprint density at radius 1 is 0.974 bits per heavy atom. The van der Waals surface area contributed by atoms with Crippen LogP contribution in [0.25, 0.3) is 11.1 Å². The Hall–Kier alpha value is -5.30. The van der Waals surface area contributed by atoms with E-state index in [1.807, 2.05) is 30.3 Å². The molecule has 0 saturated carbocycles. The monoisotopic (exact) mass is 523 g/mol. The first kappa shape index (κ1) is 26.8. The number of benzene rings is 2. The van der Waals surface area contributed by atoms with Crippen molar-refractivity contribution in [1.82, 2.24) is 20.6 Å². The van der Waals surface area contributed by atoms with Crippen molar-refractivity contribution >= 4 is 23.5 Å². The van der Waals surface area contributed by atoms with E-state index in [-0.39, 0.29) is 28.7 Å². The number of anilines is 2. The number of rotatable bonds is 8. The fourth-order valence-corrected chi connectivity index (χ4v) is 3.90. The van der Waals surface area contributed by atoms with Crippen LogP contribution in [0.1, 0.15) is 50.4 Å². The van der Waals surface area contributed by atoms with E-state index >= 15 is 0 Å². The molecular formula is C29H26FN7O2. The highest BCUT2D eigenvalue weighted by Crippen LogP contribution is 2.24. The topological polar surface area (TPSA) is 146 Å². The average Bonchev–Trinajstić information content (AvgIpc) is 2.96. The summed E-state index contributed by atoms with van der Waals surface area (Å²) in [7, 11) is 1.53. The van der Waals surface area contributed by atoms with Crippen molar-refractivity contribution < 1.29 is 14.0 Å². The third kappa shape index (κ3) is 6.34. The van der Waals surface area contributed by atoms with Crippen LogP contribution < -0.4 is 21.7 Å². The van der Waals surface area contributed by atoms with Crippen LogP contribution in [-0.2, 0) is 6.54 Å². The van der Waals surface area contributed by atoms with Gasteiger partial charge in [-0.2, -0.15) is 5.26 Å². The van der Waals surface area contributed by atoms with Gasteiger partial charge in [0.1, 0.15) is 23.5 Å². The molecule has 2 amide bonds. The van der Waals surface area contributed by atoms with E-state index < -0.39 is 11.9 Å². The van der Waals surface area contributed by atoms with Gasteiger partial charge in [-0.05, 0) is 47.9 Å². The van der Waals surface area contributed by atoms with Crippen LogP contribution in [-0.4, -0.2) is 28.8 Å². The summed E-state index contributed by atoms with van der Waals surface area (Å²) in [6.45, 7) is 2.14. The molecule has 10 heteroatoms. The van der Waals surface area contributed by atoms with Gasteiger partial charge in [-0.25, -0.2) is 14.4 Å². The first-order valence-corrected chi connectivity index (χ1v) is 12.1. The molecule has 0 aliphatic carbocycles. The van der Waals surface area contributed by atoms with E-state index in [1.165, 1.54) is 31.4 Å². The van der Waals surface area contributed by atoms with Crippen LogP contribution in [0.5, 0.6) is 0 Å². The molecule has 0 bridgehead atoms. The molecule has 1 atom stereocenters. The number of hydrogen-bond acceptors (Lipinski definition) is 7. The van der Waals surface area contributed by atoms with Gasteiger partial charge in [0.15, 0.2) is 0 Å². The fraction of sp³-hybridized carbons (Fsp3) is 0.138. The minimum atomic E-state index is -0.419. The lowest BCUT2D eigenvalue weighted by atomic mass is 10.0. The largest absolute Gasteiger partial charge is 0.383 e. The molecule has 0 spiro atoms. The maximum atomic E-state index is 13.3. The molecule has 0 aliphatic rings. The summed E-state index contributed by atoms with van der Waals surface area (Å²) < 4.78 is 13.3. The lowest BCUT2D eigenvalue weighted by molar-refractivity contribution is 0.0937. The number of carbonyl (C=O) groups is 2. The zero-order valence-electron chi connectivity index (χ0n) is 21.3. The van der Waals surface area contributed by atoms with Crippen LogP contribution in [0.3, 0.4) is 0 Å². The van der Waals surface area contributed by atoms with Crippen LogP contribution in [0, 0.1) is 17.1 Å². The van der Waals surface area contributed by atoms with Crippen molar-refractivity contribution in [2.75, 3.05) is 18.1 Å². The normalized spacial score (nSPS) is 11.2. The molecule has 5 N–H and O–H groups in total. The van der Waals surface area contributed by atoms with Gasteiger partial charge >= 0.3 is 0 Å². The number of nitrogens with two attached hydrogens (primary N) is 1. The standard InChI is InChI=1S/C29H26FN7O2/c1-17(20-7-9-23(30)10-8-20)37-29(39)25-11-19(13-31)15-36-27(25)35-14-18-3-5-21(6-4-18)22-12-24(28(38)33-2)26(32)34-16-22/h3-12,15-17H,14H2,1-2H3,(H2,32,34)(H,33,38)(H,35,36)(H,37,39). The van der Waals surface area contributed by atoms with Gasteiger partial charge in [-0.3, -0.25) is 9.59 Å². The van der Waals surface area contributed by atoms with Crippen molar-refractivity contribution in [2.24, 2.45) is 0 Å². The smallest absolute Gasteiger partial charge is 0.255 e. The number of hydrogen-bond donors (Lipinski definition) is 4. The van der Waals surface area contributed by atoms with Crippen molar-refractivity contribution in [2.45, 2.75) is 19.5 Å². The third-order valence-corrected chi connectivity index (χ3v) is 6.12. The number of nitrogens with zero attached hydrogens (tertiary/aromatic N) is 3. The lowest BCUT2D eigenvalue weighted by Gasteiger charge is -2.16. The molecule has 39 heavy (non-hydrogen) atoms. The average molecular weight is 524 g/mol. The van der Waals surface area contributed by atoms with E-state index in [0.717, 1.165) is 22.3 Å². The molecule has 0 radical (unpaired) electrons. The Morgan fingerprint density at radius 2 is 1.69 bits per heavy atom. The highest BCUT2D eigenvalue weighted by Gasteiger charge is 2.17. The first-order chi connectivity index (χ1) is 18.8. The summed E-state index contributed by atoms with van der Waals surface area (Å²) in [5, 5.41) is 17.9. The van der Waals surface area contributed by atoms with Gasteiger partial charge < -0.3 is 21.7 Å². The van der Waals surface area contributed by atoms with E-state index in [9.17, 15) is 19.2 Å². The van der Waals surface area contributed by atoms with Gasteiger partial charge in [-0.15, -0.1) is 0 Å². The molecule has 9 nitrogen and oxygen atoms in total. The lowest BCUT2D eigenvalue weighted by Crippen LogP contribution is -2.28. The van der Waals surface area contributed by atoms with Crippen molar-refractivity contribution in [1.29, 1.82) is 5.26 Å². The molecule has 2 aromatic carbocycles. The molecule has 0 saturated heterocycles. The number of nitrogen functional groups attached to an aromatic ring is 1. The van der Waals surface area contributed by atoms with Gasteiger partial charge in [-0.1, -0.05) is 36.4 Å². The maximum absolute atomic E-state index is 13.3. The molecule has 2 aromatic heterocycles. The minimum Gasteiger partial charge on any atom is -0.383 e. The second-order valence-electron chi connectivity index (χ2n) is 8.77. The van der Waals surface area contributed by atoms with E-state index in [4.69, 9.17) is 5.73 Å². The minimum absolute atomic E-state index is 0.153. The second-order valence-corrected chi connectivity index (χ2v) is 8.77. The number of amides is 2. The Morgan fingerprint density at radius 3 is 2.36 bits per heavy atom. The van der Waals surface area contributed by atoms with E-state index in [2.05, 4.69) is 25.9 Å². The van der Waals surface area contributed by atoms with Crippen molar-refractivity contribution in [3.05, 3.63) is 107 Å². The maximum Gasteiger partial charge on any atom is 0.255 e. The van der Waals surface area contributed by atoms with Crippen LogP contribution in [0.4, 0.5) is 16.0 Å². The molecule has 196 valence electrons. The molecule has 4 aromatic rings. The SMILES string of the molecule is CNC(=O)c1cc(-c2ccc(CNc3ncc(C#N)cc3C(=O)NC(C)c3ccc(F)cc3)cc2)cnc1N. The summed E-state index contributed by atoms with van der Waals surface area (Å²) >= 11 is 0. The van der Waals surface area contributed by atoms with Gasteiger partial charge in [0.05, 0.1) is 22.7 Å². The van der Waals surface area contributed by atoms with Gasteiger partial charge in [0.25, 0.3) is 11.8 Å². The first-order valence-electron chi connectivity index (χ1n) is 12.1. The Balaban J connectivity index is 1.49. The van der Waals surface area contributed by atoms with Gasteiger partial charge in [0, 0.05) is 31.5 Å². The molecule has 0 aliphatic heterocycles. The summed E-state index contributed by atoms with van der Waals surface area (Å²) in [6, 6.07) is 18.2. The Kier molecular flexibility index (Phi) is 8.12. The summed E-state index contributed by atoms with van der Waals surface area (Å²) in [5.74, 6) is -0.622. The van der Waals surface area contributed by atoms with Gasteiger partial charge in [0.2, 0.25) is 0 Å². The van der Waals surface area contributed by atoms with E-state index in [1.54, 1.807) is 31.3 Å². The number of carbonyl (C=O) groups excluding carboxylic acids is 2. The number of aromatic nitrogens is 2. The fourth-order valence-electron chi connectivity index (χ4n) is 3.90. The highest BCUT2D eigenvalue weighted by molar-refractivity contribution is 6.00. The molecule has 4 rings (SSSR count). The van der Waals surface area contributed by atoms with Crippen LogP contribution in [0.15, 0.2) is 73.1 Å². The number of halogens is 1. The summed E-state index contributed by atoms with van der Waals surface area (Å²) in [6.07, 6.45) is 3.00. The summed E-state index contributed by atoms with van der Waals surface area (Å²) in [4.78, 5) is 33.6. The second kappa shape index (κ2) is 11.8. The number of nitrogens with one attached hydrogen (secondary N) is 3. The zero-order valence-corrected chi connectivity index (χ0v) is 21.3. The van der Waals surface area contributed by atoms with E-state index in [0.29, 0.717) is 17.9 Å². The van der Waals surface area contributed by atoms with Crippen LogP contribution >= 0.6 is 0 Å². The van der Waals surface area contributed by atoms with Crippen LogP contribution in [0.2, 0.25) is 0 Å². The molecule has 2 heterocycles. The predicted molar refractivity (Wildman–Crippen MR) is 146 cm³/mol. The van der Waals surface area contributed by atoms with Crippen molar-refractivity contribution in [3.8, 4) is 17.2 Å². The summed E-state index contributed by atoms with van der Waals surface area (Å²) in [5.41, 5.74) is 9.83. The zero-order chi connectivity index (χ0) is 27.9. The quantitative estimate of drug-likeness (QED) is 0.271. The van der Waals surface area contributed by atoms with Crippen molar-refractivity contribution in [3.63, 3.8) is 0 Å². The Labute approximate surface area is 224 Å². The predicted octanol–water partition coefficient (Wildman–Crippen LogP) is 4.20. The molecule has 1 unspecified atom stereocenters. The number of pyridine rings is 2. The highest BCUT2D eigenvalue weighted by atomic mass is 19.1. The number of nitriles is 1. The molecular weight excluding hydrogens is 497 g/mol. The Bertz CT molecular complexity index is 1550. The third-order valence-electron chi connectivity index (χ3n) is 6.12. The molecule has 0 fully saturated rings.